The summed E-state index contributed by atoms with van der Waals surface area (Å²) in [7, 11) is 1.92. The van der Waals surface area contributed by atoms with Crippen LogP contribution in [0.1, 0.15) is 25.5 Å². The SMILES string of the molecule is Cc1nn(C)cc1NC(=S)N1CCC[C@H](C)C1. The molecule has 1 aromatic heterocycles. The number of hydrogen-bond acceptors (Lipinski definition) is 2. The molecule has 0 spiro atoms. The van der Waals surface area contributed by atoms with Gasteiger partial charge in [0.15, 0.2) is 5.11 Å². The molecule has 0 unspecified atom stereocenters. The van der Waals surface area contributed by atoms with Crippen molar-refractivity contribution in [3.8, 4) is 0 Å². The Balaban J connectivity index is 1.99. The number of likely N-dealkylation sites (tertiary alicyclic amines) is 1. The minimum absolute atomic E-state index is 0.735. The Morgan fingerprint density at radius 1 is 1.59 bits per heavy atom. The van der Waals surface area contributed by atoms with Crippen molar-refractivity contribution in [1.29, 1.82) is 0 Å². The van der Waals surface area contributed by atoms with Crippen molar-refractivity contribution in [2.75, 3.05) is 18.4 Å². The second-order valence-electron chi connectivity index (χ2n) is 4.93. The predicted molar refractivity (Wildman–Crippen MR) is 74.1 cm³/mol. The van der Waals surface area contributed by atoms with Crippen molar-refractivity contribution >= 4 is 23.0 Å². The Labute approximate surface area is 108 Å². The highest BCUT2D eigenvalue weighted by Crippen LogP contribution is 2.18. The van der Waals surface area contributed by atoms with Crippen LogP contribution in [0.3, 0.4) is 0 Å². The molecule has 0 radical (unpaired) electrons. The number of anilines is 1. The Hall–Kier alpha value is -1.10. The first-order valence-corrected chi connectivity index (χ1v) is 6.53. The molecule has 17 heavy (non-hydrogen) atoms. The lowest BCUT2D eigenvalue weighted by Gasteiger charge is -2.32. The summed E-state index contributed by atoms with van der Waals surface area (Å²) in [5.41, 5.74) is 2.00. The smallest absolute Gasteiger partial charge is 0.173 e. The number of nitrogens with one attached hydrogen (secondary N) is 1. The van der Waals surface area contributed by atoms with Crippen LogP contribution in [0, 0.1) is 12.8 Å². The van der Waals surface area contributed by atoms with Crippen molar-refractivity contribution in [3.05, 3.63) is 11.9 Å². The van der Waals surface area contributed by atoms with E-state index in [9.17, 15) is 0 Å². The van der Waals surface area contributed by atoms with Gasteiger partial charge in [0.1, 0.15) is 0 Å². The van der Waals surface area contributed by atoms with Crippen molar-refractivity contribution < 1.29 is 0 Å². The van der Waals surface area contributed by atoms with E-state index in [0.29, 0.717) is 0 Å². The predicted octanol–water partition coefficient (Wildman–Crippen LogP) is 2.16. The van der Waals surface area contributed by atoms with E-state index in [-0.39, 0.29) is 0 Å². The highest BCUT2D eigenvalue weighted by Gasteiger charge is 2.19. The Morgan fingerprint density at radius 3 is 2.94 bits per heavy atom. The quantitative estimate of drug-likeness (QED) is 0.777. The second kappa shape index (κ2) is 5.04. The summed E-state index contributed by atoms with van der Waals surface area (Å²) in [5, 5.41) is 8.42. The molecule has 0 amide bonds. The molecule has 1 fully saturated rings. The molecule has 1 atom stereocenters. The molecule has 1 aromatic rings. The lowest BCUT2D eigenvalue weighted by molar-refractivity contribution is 0.276. The molecule has 1 aliphatic heterocycles. The van der Waals surface area contributed by atoms with E-state index in [2.05, 4.69) is 22.2 Å². The molecule has 0 bridgehead atoms. The van der Waals surface area contributed by atoms with Gasteiger partial charge in [-0.25, -0.2) is 0 Å². The van der Waals surface area contributed by atoms with Gasteiger partial charge in [-0.3, -0.25) is 4.68 Å². The molecule has 94 valence electrons. The van der Waals surface area contributed by atoms with Crippen LogP contribution in [-0.2, 0) is 7.05 Å². The highest BCUT2D eigenvalue weighted by molar-refractivity contribution is 7.80. The Kier molecular flexibility index (Phi) is 3.66. The van der Waals surface area contributed by atoms with E-state index in [1.807, 2.05) is 20.2 Å². The molecule has 5 heteroatoms. The zero-order valence-corrected chi connectivity index (χ0v) is 11.5. The summed E-state index contributed by atoms with van der Waals surface area (Å²) in [6.07, 6.45) is 4.51. The molecule has 0 saturated carbocycles. The Bertz CT molecular complexity index is 413. The summed E-state index contributed by atoms with van der Waals surface area (Å²) >= 11 is 5.46. The molecule has 4 nitrogen and oxygen atoms in total. The minimum Gasteiger partial charge on any atom is -0.349 e. The maximum absolute atomic E-state index is 5.46. The van der Waals surface area contributed by atoms with Crippen molar-refractivity contribution in [2.24, 2.45) is 13.0 Å². The number of aryl methyl sites for hydroxylation is 2. The largest absolute Gasteiger partial charge is 0.349 e. The first kappa shape index (κ1) is 12.4. The van der Waals surface area contributed by atoms with Gasteiger partial charge in [-0.15, -0.1) is 0 Å². The van der Waals surface area contributed by atoms with Crippen LogP contribution in [0.5, 0.6) is 0 Å². The molecule has 2 rings (SSSR count). The van der Waals surface area contributed by atoms with Gasteiger partial charge in [-0.05, 0) is 37.9 Å². The monoisotopic (exact) mass is 252 g/mol. The molecular formula is C12H20N4S. The number of aromatic nitrogens is 2. The lowest BCUT2D eigenvalue weighted by Crippen LogP contribution is -2.41. The van der Waals surface area contributed by atoms with E-state index in [0.717, 1.165) is 35.5 Å². The normalized spacial score (nSPS) is 20.4. The third kappa shape index (κ3) is 2.97. The van der Waals surface area contributed by atoms with Gasteiger partial charge in [-0.1, -0.05) is 6.92 Å². The van der Waals surface area contributed by atoms with Gasteiger partial charge >= 0.3 is 0 Å². The van der Waals surface area contributed by atoms with E-state index in [4.69, 9.17) is 12.2 Å². The van der Waals surface area contributed by atoms with Crippen LogP contribution in [-0.4, -0.2) is 32.9 Å². The summed E-state index contributed by atoms with van der Waals surface area (Å²) < 4.78 is 1.80. The van der Waals surface area contributed by atoms with Gasteiger partial charge in [0.25, 0.3) is 0 Å². The molecule has 2 heterocycles. The zero-order chi connectivity index (χ0) is 12.4. The maximum Gasteiger partial charge on any atom is 0.173 e. The third-order valence-electron chi connectivity index (χ3n) is 3.20. The van der Waals surface area contributed by atoms with E-state index >= 15 is 0 Å². The van der Waals surface area contributed by atoms with Crippen molar-refractivity contribution in [3.63, 3.8) is 0 Å². The average molecular weight is 252 g/mol. The molecule has 0 aliphatic carbocycles. The van der Waals surface area contributed by atoms with E-state index < -0.39 is 0 Å². The number of hydrogen-bond donors (Lipinski definition) is 1. The van der Waals surface area contributed by atoms with E-state index in [1.54, 1.807) is 4.68 Å². The van der Waals surface area contributed by atoms with Crippen LogP contribution in [0.25, 0.3) is 0 Å². The lowest BCUT2D eigenvalue weighted by atomic mass is 10.0. The van der Waals surface area contributed by atoms with Crippen LogP contribution in [0.2, 0.25) is 0 Å². The van der Waals surface area contributed by atoms with Gasteiger partial charge in [0.05, 0.1) is 11.4 Å². The van der Waals surface area contributed by atoms with Gasteiger partial charge in [0.2, 0.25) is 0 Å². The van der Waals surface area contributed by atoms with Crippen LogP contribution < -0.4 is 5.32 Å². The van der Waals surface area contributed by atoms with Crippen LogP contribution in [0.15, 0.2) is 6.20 Å². The summed E-state index contributed by atoms with van der Waals surface area (Å²) in [5.74, 6) is 0.735. The van der Waals surface area contributed by atoms with Crippen molar-refractivity contribution in [1.82, 2.24) is 14.7 Å². The molecule has 0 aromatic carbocycles. The number of rotatable bonds is 1. The first-order chi connectivity index (χ1) is 8.06. The fourth-order valence-corrected chi connectivity index (χ4v) is 2.57. The number of nitrogens with zero attached hydrogens (tertiary/aromatic N) is 3. The van der Waals surface area contributed by atoms with E-state index in [1.165, 1.54) is 12.8 Å². The molecule has 1 saturated heterocycles. The number of thiocarbonyl (C=S) groups is 1. The molecule has 1 N–H and O–H groups in total. The fraction of sp³-hybridized carbons (Fsp3) is 0.667. The number of piperidine rings is 1. The minimum atomic E-state index is 0.735. The molecule has 1 aliphatic rings. The standard InChI is InChI=1S/C12H20N4S/c1-9-5-4-6-16(7-9)12(17)13-11-8-15(3)14-10(11)2/h8-9H,4-7H2,1-3H3,(H,13,17)/t9-/m0/s1. The molecular weight excluding hydrogens is 232 g/mol. The van der Waals surface area contributed by atoms with Crippen LogP contribution >= 0.6 is 12.2 Å². The highest BCUT2D eigenvalue weighted by atomic mass is 32.1. The second-order valence-corrected chi connectivity index (χ2v) is 5.31. The summed E-state index contributed by atoms with van der Waals surface area (Å²) in [6.45, 7) is 6.40. The fourth-order valence-electron chi connectivity index (χ4n) is 2.29. The first-order valence-electron chi connectivity index (χ1n) is 6.12. The van der Waals surface area contributed by atoms with Gasteiger partial charge < -0.3 is 10.2 Å². The summed E-state index contributed by atoms with van der Waals surface area (Å²) in [4.78, 5) is 2.26. The zero-order valence-electron chi connectivity index (χ0n) is 10.7. The Morgan fingerprint density at radius 2 is 2.35 bits per heavy atom. The summed E-state index contributed by atoms with van der Waals surface area (Å²) in [6, 6.07) is 0. The topological polar surface area (TPSA) is 33.1 Å². The maximum atomic E-state index is 5.46. The van der Waals surface area contributed by atoms with Gasteiger partial charge in [0, 0.05) is 26.3 Å². The van der Waals surface area contributed by atoms with Gasteiger partial charge in [-0.2, -0.15) is 5.10 Å². The average Bonchev–Trinajstić information content (AvgIpc) is 2.57. The third-order valence-corrected chi connectivity index (χ3v) is 3.56. The van der Waals surface area contributed by atoms with Crippen LogP contribution in [0.4, 0.5) is 5.69 Å². The van der Waals surface area contributed by atoms with Crippen molar-refractivity contribution in [2.45, 2.75) is 26.7 Å².